The van der Waals surface area contributed by atoms with E-state index in [1.807, 2.05) is 38.1 Å². The van der Waals surface area contributed by atoms with Gasteiger partial charge in [-0.2, -0.15) is 5.10 Å². The molecule has 0 atom stereocenters. The topological polar surface area (TPSA) is 117 Å². The van der Waals surface area contributed by atoms with Crippen molar-refractivity contribution in [2.24, 2.45) is 5.10 Å². The van der Waals surface area contributed by atoms with Gasteiger partial charge in [0.05, 0.1) is 16.8 Å². The Labute approximate surface area is 245 Å². The Morgan fingerprint density at radius 3 is 2.07 bits per heavy atom. The van der Waals surface area contributed by atoms with Crippen molar-refractivity contribution >= 4 is 39.4 Å². The Bertz CT molecular complexity index is 1670. The van der Waals surface area contributed by atoms with Gasteiger partial charge >= 0.3 is 0 Å². The number of benzene rings is 4. The highest BCUT2D eigenvalue weighted by molar-refractivity contribution is 7.92. The fraction of sp³-hybridized carbons (Fsp3) is 0.156. The van der Waals surface area contributed by atoms with Crippen LogP contribution in [0.4, 0.5) is 11.4 Å². The number of hydrogen-bond acceptors (Lipinski definition) is 6. The summed E-state index contributed by atoms with van der Waals surface area (Å²) in [7, 11) is -4.02. The van der Waals surface area contributed by atoms with Gasteiger partial charge in [0.15, 0.2) is 6.61 Å². The van der Waals surface area contributed by atoms with Gasteiger partial charge in [-0.1, -0.05) is 53.6 Å². The van der Waals surface area contributed by atoms with E-state index in [2.05, 4.69) is 15.8 Å². The molecule has 42 heavy (non-hydrogen) atoms. The predicted octanol–water partition coefficient (Wildman–Crippen LogP) is 4.97. The third kappa shape index (κ3) is 8.05. The molecule has 4 aromatic carbocycles. The van der Waals surface area contributed by atoms with Gasteiger partial charge < -0.3 is 10.1 Å². The monoisotopic (exact) mass is 584 g/mol. The van der Waals surface area contributed by atoms with Gasteiger partial charge in [-0.15, -0.1) is 0 Å². The van der Waals surface area contributed by atoms with E-state index in [9.17, 15) is 18.0 Å². The number of aryl methyl sites for hydroxylation is 3. The molecule has 0 radical (unpaired) electrons. The maximum Gasteiger partial charge on any atom is 0.264 e. The first kappa shape index (κ1) is 30.0. The van der Waals surface area contributed by atoms with Gasteiger partial charge in [-0.3, -0.25) is 13.9 Å². The van der Waals surface area contributed by atoms with E-state index >= 15 is 0 Å². The molecule has 2 amide bonds. The van der Waals surface area contributed by atoms with Crippen LogP contribution in [0.5, 0.6) is 5.75 Å². The summed E-state index contributed by atoms with van der Waals surface area (Å²) in [4.78, 5) is 25.1. The van der Waals surface area contributed by atoms with Gasteiger partial charge in [-0.25, -0.2) is 13.8 Å². The second-order valence-corrected chi connectivity index (χ2v) is 11.5. The van der Waals surface area contributed by atoms with E-state index in [1.165, 1.54) is 18.3 Å². The molecule has 0 aliphatic heterocycles. The molecule has 0 aliphatic carbocycles. The van der Waals surface area contributed by atoms with Gasteiger partial charge in [-0.05, 0) is 86.5 Å². The Kier molecular flexibility index (Phi) is 9.72. The van der Waals surface area contributed by atoms with Crippen LogP contribution in [0.3, 0.4) is 0 Å². The molecule has 0 heterocycles. The molecule has 2 N–H and O–H groups in total. The molecule has 9 nitrogen and oxygen atoms in total. The Morgan fingerprint density at radius 1 is 0.810 bits per heavy atom. The number of anilines is 2. The van der Waals surface area contributed by atoms with Crippen LogP contribution in [-0.4, -0.2) is 39.6 Å². The molecule has 0 unspecified atom stereocenters. The summed E-state index contributed by atoms with van der Waals surface area (Å²) >= 11 is 0. The molecule has 0 spiro atoms. The molecule has 4 aromatic rings. The molecular weight excluding hydrogens is 552 g/mol. The van der Waals surface area contributed by atoms with Crippen molar-refractivity contribution in [2.75, 3.05) is 22.8 Å². The van der Waals surface area contributed by atoms with Gasteiger partial charge in [0.25, 0.3) is 21.8 Å². The third-order valence-electron chi connectivity index (χ3n) is 6.27. The maximum absolute atomic E-state index is 13.5. The van der Waals surface area contributed by atoms with E-state index in [4.69, 9.17) is 4.74 Å². The summed E-state index contributed by atoms with van der Waals surface area (Å²) in [6.45, 7) is 5.01. The first-order chi connectivity index (χ1) is 20.1. The minimum absolute atomic E-state index is 0.0857. The van der Waals surface area contributed by atoms with Crippen LogP contribution in [0, 0.1) is 20.8 Å². The van der Waals surface area contributed by atoms with Crippen molar-refractivity contribution in [1.29, 1.82) is 0 Å². The maximum atomic E-state index is 13.5. The summed E-state index contributed by atoms with van der Waals surface area (Å²) in [5.74, 6) is -0.397. The molecule has 216 valence electrons. The average molecular weight is 585 g/mol. The zero-order valence-electron chi connectivity index (χ0n) is 23.6. The van der Waals surface area contributed by atoms with Crippen molar-refractivity contribution < 1.29 is 22.7 Å². The van der Waals surface area contributed by atoms with Crippen LogP contribution in [0.15, 0.2) is 107 Å². The molecule has 10 heteroatoms. The summed E-state index contributed by atoms with van der Waals surface area (Å²) in [6.07, 6.45) is 1.43. The number of amides is 2. The van der Waals surface area contributed by atoms with Crippen LogP contribution in [0.2, 0.25) is 0 Å². The van der Waals surface area contributed by atoms with Gasteiger partial charge in [0, 0.05) is 5.69 Å². The number of ether oxygens (including phenoxy) is 1. The molecule has 0 saturated heterocycles. The number of hydrazone groups is 1. The number of carbonyl (C=O) groups excluding carboxylic acids is 2. The van der Waals surface area contributed by atoms with Crippen LogP contribution in [0.25, 0.3) is 0 Å². The lowest BCUT2D eigenvalue weighted by molar-refractivity contribution is -0.119. The average Bonchev–Trinajstić information content (AvgIpc) is 2.97. The molecule has 0 aliphatic rings. The Morgan fingerprint density at radius 2 is 1.43 bits per heavy atom. The number of carbonyl (C=O) groups is 2. The zero-order chi connectivity index (χ0) is 30.1. The van der Waals surface area contributed by atoms with Crippen molar-refractivity contribution in [3.63, 3.8) is 0 Å². The van der Waals surface area contributed by atoms with E-state index in [0.29, 0.717) is 28.3 Å². The van der Waals surface area contributed by atoms with E-state index < -0.39 is 22.5 Å². The standard InChI is InChI=1S/C32H32N4O5S/c1-23-8-14-27(15-9-23)34-32(38)22-41-28-16-12-26(13-17-28)20-33-35-31(37)21-36(30-7-5-4-6-25(30)3)42(39,40)29-18-10-24(2)11-19-29/h4-20H,21-22H2,1-3H3,(H,34,38)(H,35,37)/b33-20-. The Balaban J connectivity index is 1.35. The van der Waals surface area contributed by atoms with Crippen LogP contribution in [0.1, 0.15) is 22.3 Å². The van der Waals surface area contributed by atoms with E-state index in [-0.39, 0.29) is 17.4 Å². The summed E-state index contributed by atoms with van der Waals surface area (Å²) in [5, 5.41) is 6.75. The second-order valence-electron chi connectivity index (χ2n) is 9.68. The fourth-order valence-corrected chi connectivity index (χ4v) is 5.44. The zero-order valence-corrected chi connectivity index (χ0v) is 24.4. The highest BCUT2D eigenvalue weighted by Crippen LogP contribution is 2.26. The Hall–Kier alpha value is -4.96. The number of nitrogens with one attached hydrogen (secondary N) is 2. The number of sulfonamides is 1. The summed E-state index contributed by atoms with van der Waals surface area (Å²) in [5.41, 5.74) is 6.89. The SMILES string of the molecule is Cc1ccc(NC(=O)COc2ccc(/C=N\NC(=O)CN(c3ccccc3C)S(=O)(=O)c3ccc(C)cc3)cc2)cc1. The van der Waals surface area contributed by atoms with Crippen molar-refractivity contribution in [3.05, 3.63) is 119 Å². The number of hydrogen-bond donors (Lipinski definition) is 2. The molecule has 0 fully saturated rings. The lowest BCUT2D eigenvalue weighted by atomic mass is 10.2. The molecule has 4 rings (SSSR count). The van der Waals surface area contributed by atoms with Gasteiger partial charge in [0.2, 0.25) is 0 Å². The van der Waals surface area contributed by atoms with Crippen molar-refractivity contribution in [1.82, 2.24) is 5.43 Å². The predicted molar refractivity (Wildman–Crippen MR) is 164 cm³/mol. The lowest BCUT2D eigenvalue weighted by Gasteiger charge is -2.25. The van der Waals surface area contributed by atoms with Crippen molar-refractivity contribution in [3.8, 4) is 5.75 Å². The second kappa shape index (κ2) is 13.6. The largest absolute Gasteiger partial charge is 0.484 e. The van der Waals surface area contributed by atoms with Crippen molar-refractivity contribution in [2.45, 2.75) is 25.7 Å². The minimum atomic E-state index is -4.02. The lowest BCUT2D eigenvalue weighted by Crippen LogP contribution is -2.40. The molecule has 0 saturated carbocycles. The van der Waals surface area contributed by atoms with E-state index in [1.54, 1.807) is 67.6 Å². The first-order valence-corrected chi connectivity index (χ1v) is 14.6. The minimum Gasteiger partial charge on any atom is -0.484 e. The molecular formula is C32H32N4O5S. The summed E-state index contributed by atoms with van der Waals surface area (Å²) < 4.78 is 33.7. The van der Waals surface area contributed by atoms with Crippen LogP contribution >= 0.6 is 0 Å². The number of para-hydroxylation sites is 1. The fourth-order valence-electron chi connectivity index (χ4n) is 3.96. The quantitative estimate of drug-likeness (QED) is 0.191. The van der Waals surface area contributed by atoms with Gasteiger partial charge in [0.1, 0.15) is 12.3 Å². The first-order valence-electron chi connectivity index (χ1n) is 13.2. The smallest absolute Gasteiger partial charge is 0.264 e. The highest BCUT2D eigenvalue weighted by atomic mass is 32.2. The molecule has 0 bridgehead atoms. The van der Waals surface area contributed by atoms with E-state index in [0.717, 1.165) is 15.4 Å². The number of rotatable bonds is 11. The number of nitrogens with zero attached hydrogens (tertiary/aromatic N) is 2. The van der Waals surface area contributed by atoms with Crippen LogP contribution in [-0.2, 0) is 19.6 Å². The summed E-state index contributed by atoms with van der Waals surface area (Å²) in [6, 6.07) is 27.7. The highest BCUT2D eigenvalue weighted by Gasteiger charge is 2.28. The normalized spacial score (nSPS) is 11.2. The molecule has 0 aromatic heterocycles. The third-order valence-corrected chi connectivity index (χ3v) is 8.04. The van der Waals surface area contributed by atoms with Crippen LogP contribution < -0.4 is 19.8 Å².